The van der Waals surface area contributed by atoms with E-state index < -0.39 is 0 Å². The molecule has 5 nitrogen and oxygen atoms in total. The maximum Gasteiger partial charge on any atom is 0.152 e. The van der Waals surface area contributed by atoms with Crippen molar-refractivity contribution in [2.75, 3.05) is 12.3 Å². The molecule has 2 heterocycles. The number of anilines is 1. The zero-order chi connectivity index (χ0) is 23.7. The summed E-state index contributed by atoms with van der Waals surface area (Å²) in [4.78, 5) is 9.65. The number of benzene rings is 1. The number of rotatable bonds is 10. The van der Waals surface area contributed by atoms with Crippen LogP contribution in [0.15, 0.2) is 24.3 Å². The van der Waals surface area contributed by atoms with Crippen molar-refractivity contribution in [3.05, 3.63) is 51.8 Å². The Morgan fingerprint density at radius 1 is 1.06 bits per heavy atom. The maximum atomic E-state index is 6.38. The second-order valence-corrected chi connectivity index (χ2v) is 10.9. The van der Waals surface area contributed by atoms with Crippen molar-refractivity contribution >= 4 is 29.0 Å². The number of hydrogen-bond donors (Lipinski definition) is 2. The molecule has 3 N–H and O–H groups in total. The highest BCUT2D eigenvalue weighted by atomic mass is 15.1. The Morgan fingerprint density at radius 2 is 1.79 bits per heavy atom. The fourth-order valence-electron chi connectivity index (χ4n) is 5.30. The van der Waals surface area contributed by atoms with Gasteiger partial charge in [0.15, 0.2) is 5.82 Å². The van der Waals surface area contributed by atoms with Gasteiger partial charge < -0.3 is 15.6 Å². The van der Waals surface area contributed by atoms with Gasteiger partial charge in [0.2, 0.25) is 0 Å². The predicted molar refractivity (Wildman–Crippen MR) is 142 cm³/mol. The molecule has 1 fully saturated rings. The van der Waals surface area contributed by atoms with Crippen LogP contribution >= 0.6 is 0 Å². The van der Waals surface area contributed by atoms with Crippen molar-refractivity contribution < 1.29 is 0 Å². The summed E-state index contributed by atoms with van der Waals surface area (Å²) in [6.45, 7) is 9.82. The molecule has 5 heteroatoms. The van der Waals surface area contributed by atoms with E-state index in [0.29, 0.717) is 11.2 Å². The molecule has 0 spiro atoms. The van der Waals surface area contributed by atoms with Crippen molar-refractivity contribution in [2.45, 2.75) is 78.8 Å². The number of nitrogens with one attached hydrogen (secondary N) is 1. The largest absolute Gasteiger partial charge is 0.382 e. The van der Waals surface area contributed by atoms with Gasteiger partial charge in [0.1, 0.15) is 11.3 Å². The first-order valence-electron chi connectivity index (χ1n) is 13.1. The number of unbranched alkanes of at least 4 members (excludes halogenated alkanes) is 1. The number of fused-ring (bicyclic) bond motifs is 3. The Hall–Kier alpha value is -2.66. The molecule has 0 amide bonds. The molecule has 3 aromatic rings. The van der Waals surface area contributed by atoms with Crippen LogP contribution in [0, 0.1) is 11.3 Å². The zero-order valence-electron chi connectivity index (χ0n) is 21.0. The molecule has 34 heavy (non-hydrogen) atoms. The Morgan fingerprint density at radius 3 is 2.53 bits per heavy atom. The SMILES string of the molecule is CCCCc1nc2c(N)nc3c(c2n1Cc1ccc(CNCC(C)(C)C2CC2)cc1)=CCCC=3. The average molecular weight is 458 g/mol. The van der Waals surface area contributed by atoms with Gasteiger partial charge in [-0.15, -0.1) is 0 Å². The summed E-state index contributed by atoms with van der Waals surface area (Å²) in [6, 6.07) is 9.07. The van der Waals surface area contributed by atoms with E-state index in [1.54, 1.807) is 0 Å². The highest BCUT2D eigenvalue weighted by Gasteiger charge is 2.37. The summed E-state index contributed by atoms with van der Waals surface area (Å²) in [7, 11) is 0. The number of nitrogens with zero attached hydrogens (tertiary/aromatic N) is 3. The minimum Gasteiger partial charge on any atom is -0.382 e. The molecule has 1 saturated carbocycles. The average Bonchev–Trinajstić information content (AvgIpc) is 3.63. The van der Waals surface area contributed by atoms with Crippen LogP contribution < -0.4 is 21.6 Å². The zero-order valence-corrected chi connectivity index (χ0v) is 21.0. The summed E-state index contributed by atoms with van der Waals surface area (Å²) in [5.74, 6) is 2.57. The number of nitrogens with two attached hydrogens (primary N) is 1. The van der Waals surface area contributed by atoms with Crippen molar-refractivity contribution in [1.82, 2.24) is 19.9 Å². The lowest BCUT2D eigenvalue weighted by atomic mass is 9.87. The van der Waals surface area contributed by atoms with Gasteiger partial charge in [-0.3, -0.25) is 0 Å². The van der Waals surface area contributed by atoms with Gasteiger partial charge in [0.05, 0.1) is 10.9 Å². The predicted octanol–water partition coefficient (Wildman–Crippen LogP) is 4.29. The molecule has 2 aromatic heterocycles. The second kappa shape index (κ2) is 9.53. The third-order valence-corrected chi connectivity index (χ3v) is 7.62. The minimum atomic E-state index is 0.404. The quantitative estimate of drug-likeness (QED) is 0.477. The van der Waals surface area contributed by atoms with E-state index in [4.69, 9.17) is 10.7 Å². The fraction of sp³-hybridized carbons (Fsp3) is 0.517. The molecular formula is C29H39N5. The van der Waals surface area contributed by atoms with E-state index in [0.717, 1.165) is 79.9 Å². The molecule has 0 bridgehead atoms. The van der Waals surface area contributed by atoms with Crippen LogP contribution in [0.5, 0.6) is 0 Å². The summed E-state index contributed by atoms with van der Waals surface area (Å²) in [5.41, 5.74) is 11.4. The lowest BCUT2D eigenvalue weighted by Gasteiger charge is -2.24. The third kappa shape index (κ3) is 4.76. The van der Waals surface area contributed by atoms with Crippen molar-refractivity contribution in [2.24, 2.45) is 11.3 Å². The first-order chi connectivity index (χ1) is 16.5. The smallest absolute Gasteiger partial charge is 0.152 e. The van der Waals surface area contributed by atoms with Crippen LogP contribution in [0.2, 0.25) is 0 Å². The lowest BCUT2D eigenvalue weighted by molar-refractivity contribution is 0.291. The van der Waals surface area contributed by atoms with Gasteiger partial charge in [-0.25, -0.2) is 9.97 Å². The maximum absolute atomic E-state index is 6.38. The van der Waals surface area contributed by atoms with Crippen LogP contribution in [-0.2, 0) is 19.5 Å². The van der Waals surface area contributed by atoms with Crippen LogP contribution in [0.1, 0.15) is 76.2 Å². The van der Waals surface area contributed by atoms with Gasteiger partial charge in [-0.1, -0.05) is 63.6 Å². The number of aromatic nitrogens is 3. The second-order valence-electron chi connectivity index (χ2n) is 10.9. The Kier molecular flexibility index (Phi) is 6.48. The summed E-state index contributed by atoms with van der Waals surface area (Å²) in [5, 5.41) is 5.89. The van der Waals surface area contributed by atoms with Crippen molar-refractivity contribution in [3.63, 3.8) is 0 Å². The van der Waals surface area contributed by atoms with Crippen LogP contribution in [0.25, 0.3) is 23.2 Å². The van der Waals surface area contributed by atoms with Crippen molar-refractivity contribution in [3.8, 4) is 0 Å². The van der Waals surface area contributed by atoms with E-state index in [2.05, 4.69) is 72.1 Å². The Bertz CT molecular complexity index is 1280. The molecule has 2 aliphatic rings. The molecule has 0 atom stereocenters. The van der Waals surface area contributed by atoms with Crippen LogP contribution in [-0.4, -0.2) is 21.1 Å². The van der Waals surface area contributed by atoms with Gasteiger partial charge in [-0.2, -0.15) is 0 Å². The molecule has 0 unspecified atom stereocenters. The molecule has 1 aromatic carbocycles. The molecule has 0 radical (unpaired) electrons. The monoisotopic (exact) mass is 457 g/mol. The van der Waals surface area contributed by atoms with E-state index in [1.165, 1.54) is 29.2 Å². The fourth-order valence-corrected chi connectivity index (χ4v) is 5.30. The first kappa shape index (κ1) is 23.1. The number of imidazole rings is 1. The number of aryl methyl sites for hydroxylation is 1. The van der Waals surface area contributed by atoms with Gasteiger partial charge >= 0.3 is 0 Å². The standard InChI is InChI=1S/C29H39N5/c1-4-5-10-25-33-26-27(23-8-6-7-9-24(23)32-28(26)30)34(25)18-21-13-11-20(12-14-21)17-31-19-29(2,3)22-15-16-22/h8-9,11-14,22,31H,4-7,10,15-19H2,1-3H3,(H2,30,32). The molecule has 5 rings (SSSR count). The van der Waals surface area contributed by atoms with E-state index in [1.807, 2.05) is 0 Å². The molecule has 180 valence electrons. The van der Waals surface area contributed by atoms with Crippen LogP contribution in [0.3, 0.4) is 0 Å². The topological polar surface area (TPSA) is 68.8 Å². The van der Waals surface area contributed by atoms with Gasteiger partial charge in [0.25, 0.3) is 0 Å². The molecular weight excluding hydrogens is 418 g/mol. The normalized spacial score (nSPS) is 15.7. The Labute approximate surface area is 203 Å². The first-order valence-corrected chi connectivity index (χ1v) is 13.1. The molecule has 0 saturated heterocycles. The summed E-state index contributed by atoms with van der Waals surface area (Å²) in [6.07, 6.45) is 12.6. The number of hydrogen-bond acceptors (Lipinski definition) is 4. The third-order valence-electron chi connectivity index (χ3n) is 7.62. The van der Waals surface area contributed by atoms with Gasteiger partial charge in [-0.05, 0) is 54.6 Å². The molecule has 2 aliphatic carbocycles. The van der Waals surface area contributed by atoms with Crippen molar-refractivity contribution in [1.29, 1.82) is 0 Å². The highest BCUT2D eigenvalue weighted by molar-refractivity contribution is 5.86. The van der Waals surface area contributed by atoms with E-state index in [-0.39, 0.29) is 0 Å². The van der Waals surface area contributed by atoms with E-state index in [9.17, 15) is 0 Å². The highest BCUT2D eigenvalue weighted by Crippen LogP contribution is 2.44. The summed E-state index contributed by atoms with van der Waals surface area (Å²) < 4.78 is 2.39. The molecule has 0 aliphatic heterocycles. The minimum absolute atomic E-state index is 0.404. The van der Waals surface area contributed by atoms with Gasteiger partial charge in [0, 0.05) is 31.3 Å². The Balaban J connectivity index is 1.40. The summed E-state index contributed by atoms with van der Waals surface area (Å²) >= 11 is 0. The number of nitrogen functional groups attached to an aromatic ring is 1. The number of pyridine rings is 1. The lowest BCUT2D eigenvalue weighted by Crippen LogP contribution is -2.33. The van der Waals surface area contributed by atoms with Crippen LogP contribution in [0.4, 0.5) is 5.82 Å². The van der Waals surface area contributed by atoms with E-state index >= 15 is 0 Å².